The molecule has 0 amide bonds. The Hall–Kier alpha value is -2.38. The van der Waals surface area contributed by atoms with Crippen LogP contribution in [0.15, 0.2) is 54.1 Å². The Morgan fingerprint density at radius 1 is 1.24 bits per heavy atom. The van der Waals surface area contributed by atoms with E-state index in [0.29, 0.717) is 22.6 Å². The number of hydrogen-bond acceptors (Lipinski definition) is 6. The molecule has 0 N–H and O–H groups in total. The van der Waals surface area contributed by atoms with Gasteiger partial charge in [-0.3, -0.25) is 4.79 Å². The second-order valence-corrected chi connectivity index (χ2v) is 6.35. The Labute approximate surface area is 154 Å². The molecular weight excluding hydrogens is 360 g/mol. The van der Waals surface area contributed by atoms with E-state index in [1.807, 2.05) is 30.5 Å². The zero-order valence-electron chi connectivity index (χ0n) is 13.4. The highest BCUT2D eigenvalue weighted by molar-refractivity contribution is 7.99. The van der Waals surface area contributed by atoms with Crippen molar-refractivity contribution in [1.82, 2.24) is 19.7 Å². The van der Waals surface area contributed by atoms with Gasteiger partial charge in [-0.25, -0.2) is 14.6 Å². The van der Waals surface area contributed by atoms with Crippen molar-refractivity contribution in [2.75, 3.05) is 12.4 Å². The Morgan fingerprint density at radius 3 is 2.80 bits per heavy atom. The van der Waals surface area contributed by atoms with E-state index < -0.39 is 0 Å². The molecule has 2 aromatic heterocycles. The summed E-state index contributed by atoms with van der Waals surface area (Å²) in [4.78, 5) is 20.0. The van der Waals surface area contributed by atoms with Gasteiger partial charge >= 0.3 is 5.97 Å². The van der Waals surface area contributed by atoms with E-state index in [-0.39, 0.29) is 11.7 Å². The average molecular weight is 375 g/mol. The fraction of sp³-hybridized carbons (Fsp3) is 0.176. The zero-order valence-corrected chi connectivity index (χ0v) is 15.0. The maximum absolute atomic E-state index is 11.4. The maximum Gasteiger partial charge on any atom is 0.316 e. The molecule has 0 aliphatic heterocycles. The van der Waals surface area contributed by atoms with Crippen LogP contribution in [0.3, 0.4) is 0 Å². The largest absolute Gasteiger partial charge is 0.465 e. The van der Waals surface area contributed by atoms with Crippen LogP contribution >= 0.6 is 23.4 Å². The highest BCUT2D eigenvalue weighted by atomic mass is 35.5. The van der Waals surface area contributed by atoms with Gasteiger partial charge < -0.3 is 4.74 Å². The third-order valence-corrected chi connectivity index (χ3v) is 4.33. The summed E-state index contributed by atoms with van der Waals surface area (Å²) in [6.07, 6.45) is 5.28. The van der Waals surface area contributed by atoms with E-state index in [1.165, 1.54) is 11.8 Å². The molecule has 3 aromatic rings. The van der Waals surface area contributed by atoms with Crippen molar-refractivity contribution >= 4 is 29.3 Å². The van der Waals surface area contributed by atoms with E-state index in [1.54, 1.807) is 30.1 Å². The lowest BCUT2D eigenvalue weighted by atomic mass is 10.1. The van der Waals surface area contributed by atoms with Gasteiger partial charge in [0.15, 0.2) is 11.0 Å². The van der Waals surface area contributed by atoms with Crippen LogP contribution in [0, 0.1) is 0 Å². The molecule has 6 nitrogen and oxygen atoms in total. The molecule has 0 aliphatic carbocycles. The first-order chi connectivity index (χ1) is 12.2. The number of rotatable bonds is 6. The fourth-order valence-corrected chi connectivity index (χ4v) is 2.84. The van der Waals surface area contributed by atoms with Crippen molar-refractivity contribution in [2.24, 2.45) is 0 Å². The predicted molar refractivity (Wildman–Crippen MR) is 97.0 cm³/mol. The van der Waals surface area contributed by atoms with Gasteiger partial charge in [0.2, 0.25) is 0 Å². The Kier molecular flexibility index (Phi) is 5.67. The number of ether oxygens (including phenoxy) is 1. The average Bonchev–Trinajstić information content (AvgIpc) is 3.11. The SMILES string of the molecule is CCOC(=O)CSc1nccc(-n2cc(-c3ccc(Cl)cc3)cn2)n1. The summed E-state index contributed by atoms with van der Waals surface area (Å²) in [5.74, 6) is 0.513. The Balaban J connectivity index is 1.75. The van der Waals surface area contributed by atoms with Gasteiger partial charge in [0.05, 0.1) is 18.6 Å². The summed E-state index contributed by atoms with van der Waals surface area (Å²) in [6.45, 7) is 2.14. The first-order valence-electron chi connectivity index (χ1n) is 7.58. The van der Waals surface area contributed by atoms with Crippen molar-refractivity contribution in [3.05, 3.63) is 53.9 Å². The predicted octanol–water partition coefficient (Wildman–Crippen LogP) is 3.64. The van der Waals surface area contributed by atoms with Crippen molar-refractivity contribution < 1.29 is 9.53 Å². The van der Waals surface area contributed by atoms with Gasteiger partial charge in [-0.2, -0.15) is 5.10 Å². The standard InChI is InChI=1S/C17H15ClN4O2S/c1-2-24-16(23)11-25-17-19-8-7-15(21-17)22-10-13(9-20-22)12-3-5-14(18)6-4-12/h3-10H,2,11H2,1H3. The van der Waals surface area contributed by atoms with Gasteiger partial charge in [0, 0.05) is 29.0 Å². The summed E-state index contributed by atoms with van der Waals surface area (Å²) < 4.78 is 6.56. The van der Waals surface area contributed by atoms with Gasteiger partial charge in [-0.15, -0.1) is 0 Å². The molecule has 8 heteroatoms. The van der Waals surface area contributed by atoms with E-state index >= 15 is 0 Å². The molecule has 1 aromatic carbocycles. The highest BCUT2D eigenvalue weighted by Gasteiger charge is 2.08. The molecule has 0 radical (unpaired) electrons. The number of aromatic nitrogens is 4. The molecule has 3 rings (SSSR count). The third-order valence-electron chi connectivity index (χ3n) is 3.24. The van der Waals surface area contributed by atoms with Gasteiger partial charge in [-0.05, 0) is 24.6 Å². The Morgan fingerprint density at radius 2 is 2.04 bits per heavy atom. The lowest BCUT2D eigenvalue weighted by Crippen LogP contribution is -2.07. The number of nitrogens with zero attached hydrogens (tertiary/aromatic N) is 4. The van der Waals surface area contributed by atoms with Gasteiger partial charge in [0.1, 0.15) is 0 Å². The number of thioether (sulfide) groups is 1. The van der Waals surface area contributed by atoms with Gasteiger partial charge in [-0.1, -0.05) is 35.5 Å². The second-order valence-electron chi connectivity index (χ2n) is 4.97. The minimum atomic E-state index is -0.286. The lowest BCUT2D eigenvalue weighted by Gasteiger charge is -2.03. The van der Waals surface area contributed by atoms with Crippen LogP contribution in [-0.4, -0.2) is 38.1 Å². The molecule has 2 heterocycles. The van der Waals surface area contributed by atoms with Crippen LogP contribution in [0.2, 0.25) is 5.02 Å². The first-order valence-corrected chi connectivity index (χ1v) is 8.94. The Bertz CT molecular complexity index is 867. The van der Waals surface area contributed by atoms with Crippen molar-refractivity contribution in [1.29, 1.82) is 0 Å². The minimum Gasteiger partial charge on any atom is -0.465 e. The molecule has 0 unspecified atom stereocenters. The normalized spacial score (nSPS) is 10.6. The van der Waals surface area contributed by atoms with E-state index in [0.717, 1.165) is 11.1 Å². The maximum atomic E-state index is 11.4. The van der Waals surface area contributed by atoms with E-state index in [4.69, 9.17) is 16.3 Å². The molecule has 0 saturated heterocycles. The van der Waals surface area contributed by atoms with Crippen LogP contribution in [0.1, 0.15) is 6.92 Å². The summed E-state index contributed by atoms with van der Waals surface area (Å²) in [5.41, 5.74) is 1.97. The number of benzene rings is 1. The molecule has 0 bridgehead atoms. The molecule has 0 atom stereocenters. The summed E-state index contributed by atoms with van der Waals surface area (Å²) in [6, 6.07) is 9.30. The second kappa shape index (κ2) is 8.13. The molecule has 25 heavy (non-hydrogen) atoms. The monoisotopic (exact) mass is 374 g/mol. The van der Waals surface area contributed by atoms with Crippen LogP contribution in [0.5, 0.6) is 0 Å². The molecule has 0 spiro atoms. The van der Waals surface area contributed by atoms with Crippen LogP contribution in [-0.2, 0) is 9.53 Å². The van der Waals surface area contributed by atoms with Crippen LogP contribution in [0.4, 0.5) is 0 Å². The molecule has 128 valence electrons. The first kappa shape index (κ1) is 17.4. The van der Waals surface area contributed by atoms with Crippen LogP contribution in [0.25, 0.3) is 16.9 Å². The lowest BCUT2D eigenvalue weighted by molar-refractivity contribution is -0.139. The van der Waals surface area contributed by atoms with E-state index in [2.05, 4.69) is 15.1 Å². The molecule has 0 aliphatic rings. The van der Waals surface area contributed by atoms with Crippen molar-refractivity contribution in [3.63, 3.8) is 0 Å². The number of carbonyl (C=O) groups is 1. The van der Waals surface area contributed by atoms with Gasteiger partial charge in [0.25, 0.3) is 0 Å². The minimum absolute atomic E-state index is 0.173. The summed E-state index contributed by atoms with van der Waals surface area (Å²) in [7, 11) is 0. The number of hydrogen-bond donors (Lipinski definition) is 0. The third kappa shape index (κ3) is 4.58. The fourth-order valence-electron chi connectivity index (χ4n) is 2.09. The molecular formula is C17H15ClN4O2S. The molecule has 0 fully saturated rings. The highest BCUT2D eigenvalue weighted by Crippen LogP contribution is 2.22. The zero-order chi connectivity index (χ0) is 17.6. The molecule has 0 saturated carbocycles. The quantitative estimate of drug-likeness (QED) is 0.372. The smallest absolute Gasteiger partial charge is 0.316 e. The summed E-state index contributed by atoms with van der Waals surface area (Å²) >= 11 is 7.15. The van der Waals surface area contributed by atoms with E-state index in [9.17, 15) is 4.79 Å². The number of esters is 1. The number of carbonyl (C=O) groups excluding carboxylic acids is 1. The summed E-state index contributed by atoms with van der Waals surface area (Å²) in [5, 5.41) is 5.53. The number of halogens is 1. The van der Waals surface area contributed by atoms with Crippen molar-refractivity contribution in [2.45, 2.75) is 12.1 Å². The van der Waals surface area contributed by atoms with Crippen molar-refractivity contribution in [3.8, 4) is 16.9 Å². The van der Waals surface area contributed by atoms with Crippen LogP contribution < -0.4 is 0 Å². The topological polar surface area (TPSA) is 69.9 Å².